The Hall–Kier alpha value is -3.91. The number of likely N-dealkylation sites (tertiary alicyclic amines) is 1. The molecular formula is C25H21ClN2O6. The van der Waals surface area contributed by atoms with Crippen molar-refractivity contribution in [2.75, 3.05) is 25.1 Å². The van der Waals surface area contributed by atoms with Crippen molar-refractivity contribution in [1.29, 1.82) is 0 Å². The third-order valence-electron chi connectivity index (χ3n) is 6.06. The number of amides is 1. The number of ether oxygens (including phenoxy) is 1. The van der Waals surface area contributed by atoms with Crippen LogP contribution in [-0.4, -0.2) is 47.0 Å². The van der Waals surface area contributed by atoms with Gasteiger partial charge in [-0.2, -0.15) is 0 Å². The SMILES string of the molecule is CN1CCOc2ccc(/C(O)=C3/C(=O)C(=O)N(Cc4ccco4)C3c3ccc(O)c(Cl)c3)cc21. The summed E-state index contributed by atoms with van der Waals surface area (Å²) in [5.41, 5.74) is 1.54. The minimum atomic E-state index is -0.937. The van der Waals surface area contributed by atoms with Gasteiger partial charge in [0.15, 0.2) is 0 Å². The number of aliphatic hydroxyl groups excluding tert-OH is 1. The second kappa shape index (κ2) is 8.46. The number of anilines is 1. The van der Waals surface area contributed by atoms with Gasteiger partial charge >= 0.3 is 0 Å². The molecule has 1 fully saturated rings. The fraction of sp³-hybridized carbons (Fsp3) is 0.200. The molecule has 2 aliphatic rings. The molecule has 9 heteroatoms. The highest BCUT2D eigenvalue weighted by atomic mass is 35.5. The second-order valence-electron chi connectivity index (χ2n) is 8.17. The Morgan fingerprint density at radius 2 is 2.00 bits per heavy atom. The minimum absolute atomic E-state index is 0.0122. The summed E-state index contributed by atoms with van der Waals surface area (Å²) in [7, 11) is 1.91. The van der Waals surface area contributed by atoms with Crippen molar-refractivity contribution in [3.63, 3.8) is 0 Å². The lowest BCUT2D eigenvalue weighted by Gasteiger charge is -2.28. The molecule has 2 aromatic carbocycles. The van der Waals surface area contributed by atoms with Crippen LogP contribution in [0.4, 0.5) is 5.69 Å². The molecule has 174 valence electrons. The van der Waals surface area contributed by atoms with Crippen molar-refractivity contribution in [2.45, 2.75) is 12.6 Å². The maximum absolute atomic E-state index is 13.2. The predicted molar refractivity (Wildman–Crippen MR) is 125 cm³/mol. The lowest BCUT2D eigenvalue weighted by Crippen LogP contribution is -2.29. The first-order valence-electron chi connectivity index (χ1n) is 10.6. The average molecular weight is 481 g/mol. The van der Waals surface area contributed by atoms with Crippen LogP contribution in [0.5, 0.6) is 11.5 Å². The number of phenolic OH excluding ortho intramolecular Hbond substituents is 1. The average Bonchev–Trinajstić information content (AvgIpc) is 3.43. The number of likely N-dealkylation sites (N-methyl/N-ethyl adjacent to an activating group) is 1. The van der Waals surface area contributed by atoms with Gasteiger partial charge in [-0.05, 0) is 48.0 Å². The summed E-state index contributed by atoms with van der Waals surface area (Å²) in [4.78, 5) is 29.6. The summed E-state index contributed by atoms with van der Waals surface area (Å²) in [5.74, 6) is -0.886. The zero-order chi connectivity index (χ0) is 24.0. The van der Waals surface area contributed by atoms with Crippen LogP contribution in [-0.2, 0) is 16.1 Å². The van der Waals surface area contributed by atoms with Crippen LogP contribution in [0.15, 0.2) is 64.8 Å². The normalized spacial score (nSPS) is 19.3. The Kier molecular flexibility index (Phi) is 5.45. The number of carbonyl (C=O) groups excluding carboxylic acids is 2. The van der Waals surface area contributed by atoms with Crippen LogP contribution >= 0.6 is 11.6 Å². The van der Waals surface area contributed by atoms with E-state index < -0.39 is 17.7 Å². The van der Waals surface area contributed by atoms with E-state index in [1.807, 2.05) is 11.9 Å². The van der Waals surface area contributed by atoms with E-state index in [0.29, 0.717) is 35.8 Å². The highest BCUT2D eigenvalue weighted by Crippen LogP contribution is 2.43. The van der Waals surface area contributed by atoms with Gasteiger partial charge in [0, 0.05) is 12.6 Å². The summed E-state index contributed by atoms with van der Waals surface area (Å²) < 4.78 is 11.1. The number of aromatic hydroxyl groups is 1. The summed E-state index contributed by atoms with van der Waals surface area (Å²) in [5, 5.41) is 21.3. The van der Waals surface area contributed by atoms with Gasteiger partial charge in [-0.15, -0.1) is 0 Å². The van der Waals surface area contributed by atoms with Crippen molar-refractivity contribution < 1.29 is 29.0 Å². The van der Waals surface area contributed by atoms with Gasteiger partial charge in [0.2, 0.25) is 0 Å². The number of phenols is 1. The first kappa shape index (κ1) is 21.9. The van der Waals surface area contributed by atoms with Gasteiger partial charge in [0.25, 0.3) is 11.7 Å². The fourth-order valence-electron chi connectivity index (χ4n) is 4.31. The van der Waals surface area contributed by atoms with E-state index >= 15 is 0 Å². The summed E-state index contributed by atoms with van der Waals surface area (Å²) >= 11 is 6.14. The van der Waals surface area contributed by atoms with Gasteiger partial charge in [-0.3, -0.25) is 9.59 Å². The molecule has 0 spiro atoms. The Morgan fingerprint density at radius 1 is 1.18 bits per heavy atom. The van der Waals surface area contributed by atoms with E-state index in [1.54, 1.807) is 36.4 Å². The lowest BCUT2D eigenvalue weighted by molar-refractivity contribution is -0.140. The van der Waals surface area contributed by atoms with Gasteiger partial charge in [0.1, 0.15) is 29.6 Å². The smallest absolute Gasteiger partial charge is 0.296 e. The van der Waals surface area contributed by atoms with Gasteiger partial charge in [0.05, 0.1) is 41.7 Å². The molecule has 5 rings (SSSR count). The Balaban J connectivity index is 1.66. The zero-order valence-electron chi connectivity index (χ0n) is 18.2. The van der Waals surface area contributed by atoms with E-state index in [9.17, 15) is 19.8 Å². The Morgan fingerprint density at radius 3 is 2.74 bits per heavy atom. The Labute approximate surface area is 200 Å². The first-order valence-corrected chi connectivity index (χ1v) is 11.0. The van der Waals surface area contributed by atoms with E-state index in [1.165, 1.54) is 23.3 Å². The number of carbonyl (C=O) groups is 2. The topological polar surface area (TPSA) is 103 Å². The predicted octanol–water partition coefficient (Wildman–Crippen LogP) is 4.09. The summed E-state index contributed by atoms with van der Waals surface area (Å²) in [6, 6.07) is 12.0. The number of hydrogen-bond donors (Lipinski definition) is 2. The molecule has 0 saturated carbocycles. The standard InChI is InChI=1S/C25H21ClN2O6/c1-27-8-10-34-20-7-5-15(12-18(20)27)23(30)21-22(14-4-6-19(29)17(26)11-14)28(25(32)24(21)31)13-16-3-2-9-33-16/h2-7,9,11-12,22,29-30H,8,10,13H2,1H3/b23-21-. The van der Waals surface area contributed by atoms with Crippen molar-refractivity contribution in [3.05, 3.63) is 82.3 Å². The van der Waals surface area contributed by atoms with Crippen LogP contribution in [0, 0.1) is 0 Å². The van der Waals surface area contributed by atoms with Crippen LogP contribution in [0.1, 0.15) is 22.9 Å². The van der Waals surface area contributed by atoms with Gasteiger partial charge in [-0.1, -0.05) is 17.7 Å². The quantitative estimate of drug-likeness (QED) is 0.329. The molecule has 1 amide bonds. The molecule has 1 saturated heterocycles. The van der Waals surface area contributed by atoms with Crippen molar-refractivity contribution in [1.82, 2.24) is 4.90 Å². The van der Waals surface area contributed by atoms with Crippen LogP contribution in [0.2, 0.25) is 5.02 Å². The Bertz CT molecular complexity index is 1320. The molecule has 0 radical (unpaired) electrons. The van der Waals surface area contributed by atoms with E-state index in [-0.39, 0.29) is 28.6 Å². The monoisotopic (exact) mass is 480 g/mol. The molecule has 0 bridgehead atoms. The summed E-state index contributed by atoms with van der Waals surface area (Å²) in [6.45, 7) is 1.24. The summed E-state index contributed by atoms with van der Waals surface area (Å²) in [6.07, 6.45) is 1.48. The molecule has 1 atom stereocenters. The molecule has 34 heavy (non-hydrogen) atoms. The number of ketones is 1. The molecule has 3 aromatic rings. The first-order chi connectivity index (χ1) is 16.3. The number of hydrogen-bond acceptors (Lipinski definition) is 7. The van der Waals surface area contributed by atoms with E-state index in [2.05, 4.69) is 0 Å². The van der Waals surface area contributed by atoms with Crippen molar-refractivity contribution >= 4 is 34.7 Å². The molecule has 8 nitrogen and oxygen atoms in total. The lowest BCUT2D eigenvalue weighted by atomic mass is 9.95. The third kappa shape index (κ3) is 3.66. The third-order valence-corrected chi connectivity index (χ3v) is 6.36. The van der Waals surface area contributed by atoms with Gasteiger partial charge in [-0.25, -0.2) is 0 Å². The molecule has 2 N–H and O–H groups in total. The highest BCUT2D eigenvalue weighted by Gasteiger charge is 2.46. The maximum atomic E-state index is 13.2. The van der Waals surface area contributed by atoms with Crippen LogP contribution < -0.4 is 9.64 Å². The van der Waals surface area contributed by atoms with Crippen molar-refractivity contribution in [2.24, 2.45) is 0 Å². The van der Waals surface area contributed by atoms with Crippen LogP contribution in [0.25, 0.3) is 5.76 Å². The number of Topliss-reactive ketones (excluding diaryl/α,β-unsaturated/α-hetero) is 1. The second-order valence-corrected chi connectivity index (χ2v) is 8.58. The molecule has 0 aliphatic carbocycles. The van der Waals surface area contributed by atoms with Crippen LogP contribution in [0.3, 0.4) is 0 Å². The highest BCUT2D eigenvalue weighted by molar-refractivity contribution is 6.46. The molecule has 1 aromatic heterocycles. The number of nitrogens with zero attached hydrogens (tertiary/aromatic N) is 2. The molecule has 1 unspecified atom stereocenters. The molecule has 2 aliphatic heterocycles. The largest absolute Gasteiger partial charge is 0.507 e. The molecule has 3 heterocycles. The number of aliphatic hydroxyl groups is 1. The van der Waals surface area contributed by atoms with E-state index in [4.69, 9.17) is 20.8 Å². The fourth-order valence-corrected chi connectivity index (χ4v) is 4.50. The molecular weight excluding hydrogens is 460 g/mol. The number of fused-ring (bicyclic) bond motifs is 1. The van der Waals surface area contributed by atoms with Gasteiger partial charge < -0.3 is 29.2 Å². The number of furan rings is 1. The minimum Gasteiger partial charge on any atom is -0.507 e. The maximum Gasteiger partial charge on any atom is 0.296 e. The van der Waals surface area contributed by atoms with Crippen molar-refractivity contribution in [3.8, 4) is 11.5 Å². The zero-order valence-corrected chi connectivity index (χ0v) is 19.0. The van der Waals surface area contributed by atoms with E-state index in [0.717, 1.165) is 5.69 Å². The number of benzene rings is 2. The number of rotatable bonds is 4. The number of halogens is 1.